The van der Waals surface area contributed by atoms with Crippen molar-refractivity contribution in [3.63, 3.8) is 0 Å². The molecule has 0 bridgehead atoms. The van der Waals surface area contributed by atoms with Gasteiger partial charge in [0.2, 0.25) is 0 Å². The average molecular weight is 397 g/mol. The van der Waals surface area contributed by atoms with Crippen LogP contribution in [0.25, 0.3) is 0 Å². The van der Waals surface area contributed by atoms with E-state index in [4.69, 9.17) is 16.3 Å². The molecule has 0 atom stereocenters. The van der Waals surface area contributed by atoms with Gasteiger partial charge in [0, 0.05) is 16.0 Å². The van der Waals surface area contributed by atoms with Gasteiger partial charge in [0.05, 0.1) is 6.42 Å². The van der Waals surface area contributed by atoms with Gasteiger partial charge in [-0.2, -0.15) is 0 Å². The van der Waals surface area contributed by atoms with Crippen LogP contribution in [0.15, 0.2) is 53.0 Å². The number of carbonyl (C=O) groups excluding carboxylic acids is 2. The molecule has 0 aliphatic carbocycles. The Bertz CT molecular complexity index is 688. The summed E-state index contributed by atoms with van der Waals surface area (Å²) in [6.07, 6.45) is 0.130. The lowest BCUT2D eigenvalue weighted by molar-refractivity contribution is -0.147. The summed E-state index contributed by atoms with van der Waals surface area (Å²) >= 11 is 9.32. The number of carbonyl (C=O) groups is 2. The molecule has 23 heavy (non-hydrogen) atoms. The first-order chi connectivity index (χ1) is 11.0. The number of ether oxygens (including phenoxy) is 1. The molecule has 2 aromatic rings. The first kappa shape index (κ1) is 17.5. The van der Waals surface area contributed by atoms with Crippen molar-refractivity contribution in [3.8, 4) is 0 Å². The molecule has 1 amide bonds. The van der Waals surface area contributed by atoms with Crippen LogP contribution in [-0.2, 0) is 27.3 Å². The number of amides is 1. The van der Waals surface area contributed by atoms with Gasteiger partial charge in [-0.25, -0.2) is 0 Å². The van der Waals surface area contributed by atoms with Crippen molar-refractivity contribution in [2.75, 3.05) is 6.61 Å². The van der Waals surface area contributed by atoms with E-state index in [9.17, 15) is 9.59 Å². The second-order valence-electron chi connectivity index (χ2n) is 4.83. The molecule has 0 aliphatic rings. The molecule has 0 fully saturated rings. The highest BCUT2D eigenvalue weighted by atomic mass is 79.9. The fourth-order valence-corrected chi connectivity index (χ4v) is 2.32. The number of hydrogen-bond donors (Lipinski definition) is 1. The lowest BCUT2D eigenvalue weighted by atomic mass is 10.2. The minimum Gasteiger partial charge on any atom is -0.455 e. The molecule has 0 spiro atoms. The second kappa shape index (κ2) is 8.70. The molecule has 0 aliphatic heterocycles. The summed E-state index contributed by atoms with van der Waals surface area (Å²) in [4.78, 5) is 23.4. The van der Waals surface area contributed by atoms with E-state index in [0.717, 1.165) is 15.6 Å². The third-order valence-electron chi connectivity index (χ3n) is 3.06. The van der Waals surface area contributed by atoms with E-state index < -0.39 is 5.97 Å². The molecular weight excluding hydrogens is 382 g/mol. The van der Waals surface area contributed by atoms with E-state index in [2.05, 4.69) is 21.2 Å². The van der Waals surface area contributed by atoms with Crippen LogP contribution in [0, 0.1) is 0 Å². The standard InChI is InChI=1S/C17H15BrClNO3/c18-14-7-5-12(6-8-14)9-17(22)23-11-16(21)20-10-13-3-1-2-4-15(13)19/h1-8H,9-11H2,(H,20,21). The molecule has 2 rings (SSSR count). The fourth-order valence-electron chi connectivity index (χ4n) is 1.85. The predicted molar refractivity (Wildman–Crippen MR) is 92.1 cm³/mol. The summed E-state index contributed by atoms with van der Waals surface area (Å²) in [6, 6.07) is 14.6. The van der Waals surface area contributed by atoms with Crippen molar-refractivity contribution in [3.05, 3.63) is 69.2 Å². The Labute approximate surface area is 147 Å². The van der Waals surface area contributed by atoms with Crippen molar-refractivity contribution in [2.45, 2.75) is 13.0 Å². The Morgan fingerprint density at radius 1 is 1.09 bits per heavy atom. The molecule has 4 nitrogen and oxygen atoms in total. The summed E-state index contributed by atoms with van der Waals surface area (Å²) < 4.78 is 5.90. The fraction of sp³-hybridized carbons (Fsp3) is 0.176. The van der Waals surface area contributed by atoms with Crippen molar-refractivity contribution in [2.24, 2.45) is 0 Å². The van der Waals surface area contributed by atoms with E-state index in [1.54, 1.807) is 6.07 Å². The Hall–Kier alpha value is -1.85. The van der Waals surface area contributed by atoms with E-state index >= 15 is 0 Å². The van der Waals surface area contributed by atoms with Crippen molar-refractivity contribution < 1.29 is 14.3 Å². The zero-order valence-corrected chi connectivity index (χ0v) is 14.6. The third kappa shape index (κ3) is 6.04. The van der Waals surface area contributed by atoms with Crippen LogP contribution in [0.2, 0.25) is 5.02 Å². The zero-order chi connectivity index (χ0) is 16.7. The predicted octanol–water partition coefficient (Wildman–Crippen LogP) is 3.50. The van der Waals surface area contributed by atoms with Crippen LogP contribution >= 0.6 is 27.5 Å². The molecule has 6 heteroatoms. The van der Waals surface area contributed by atoms with Gasteiger partial charge in [-0.3, -0.25) is 9.59 Å². The SMILES string of the molecule is O=C(COC(=O)Cc1ccc(Br)cc1)NCc1ccccc1Cl. The van der Waals surface area contributed by atoms with Gasteiger partial charge in [0.25, 0.3) is 5.91 Å². The van der Waals surface area contributed by atoms with Gasteiger partial charge in [0.1, 0.15) is 0 Å². The molecule has 0 unspecified atom stereocenters. The minimum atomic E-state index is -0.444. The number of esters is 1. The first-order valence-corrected chi connectivity index (χ1v) is 8.12. The summed E-state index contributed by atoms with van der Waals surface area (Å²) in [7, 11) is 0. The van der Waals surface area contributed by atoms with Gasteiger partial charge >= 0.3 is 5.97 Å². The highest BCUT2D eigenvalue weighted by molar-refractivity contribution is 9.10. The number of rotatable bonds is 6. The maximum absolute atomic E-state index is 11.7. The summed E-state index contributed by atoms with van der Waals surface area (Å²) in [6.45, 7) is -0.0113. The number of hydrogen-bond acceptors (Lipinski definition) is 3. The number of benzene rings is 2. The van der Waals surface area contributed by atoms with Crippen LogP contribution in [0.3, 0.4) is 0 Å². The summed E-state index contributed by atoms with van der Waals surface area (Å²) in [5, 5.41) is 3.24. The highest BCUT2D eigenvalue weighted by Crippen LogP contribution is 2.14. The lowest BCUT2D eigenvalue weighted by Gasteiger charge is -2.08. The lowest BCUT2D eigenvalue weighted by Crippen LogP contribution is -2.28. The van der Waals surface area contributed by atoms with Crippen LogP contribution in [-0.4, -0.2) is 18.5 Å². The smallest absolute Gasteiger partial charge is 0.310 e. The summed E-state index contributed by atoms with van der Waals surface area (Å²) in [5.41, 5.74) is 1.64. The van der Waals surface area contributed by atoms with Gasteiger partial charge < -0.3 is 10.1 Å². The van der Waals surface area contributed by atoms with Gasteiger partial charge in [0.15, 0.2) is 6.61 Å². The Balaban J connectivity index is 1.72. The molecule has 2 aromatic carbocycles. The van der Waals surface area contributed by atoms with Crippen LogP contribution in [0.5, 0.6) is 0 Å². The van der Waals surface area contributed by atoms with Gasteiger partial charge in [-0.05, 0) is 29.3 Å². The van der Waals surface area contributed by atoms with Crippen LogP contribution in [0.4, 0.5) is 0 Å². The maximum Gasteiger partial charge on any atom is 0.310 e. The maximum atomic E-state index is 11.7. The quantitative estimate of drug-likeness (QED) is 0.760. The molecule has 0 saturated carbocycles. The van der Waals surface area contributed by atoms with Crippen LogP contribution in [0.1, 0.15) is 11.1 Å². The molecule has 0 aromatic heterocycles. The highest BCUT2D eigenvalue weighted by Gasteiger charge is 2.09. The van der Waals surface area contributed by atoms with Crippen LogP contribution < -0.4 is 5.32 Å². The van der Waals surface area contributed by atoms with E-state index in [-0.39, 0.29) is 18.9 Å². The zero-order valence-electron chi connectivity index (χ0n) is 12.2. The molecule has 1 N–H and O–H groups in total. The van der Waals surface area contributed by atoms with Crippen molar-refractivity contribution >= 4 is 39.4 Å². The molecule has 120 valence electrons. The number of halogens is 2. The third-order valence-corrected chi connectivity index (χ3v) is 3.96. The van der Waals surface area contributed by atoms with E-state index in [1.807, 2.05) is 42.5 Å². The van der Waals surface area contributed by atoms with Gasteiger partial charge in [-0.1, -0.05) is 57.9 Å². The molecular formula is C17H15BrClNO3. The normalized spacial score (nSPS) is 10.2. The molecule has 0 saturated heterocycles. The number of nitrogens with one attached hydrogen (secondary N) is 1. The Kier molecular flexibility index (Phi) is 6.62. The molecule has 0 heterocycles. The average Bonchev–Trinajstić information content (AvgIpc) is 2.54. The first-order valence-electron chi connectivity index (χ1n) is 6.95. The monoisotopic (exact) mass is 395 g/mol. The van der Waals surface area contributed by atoms with E-state index in [0.29, 0.717) is 11.6 Å². The van der Waals surface area contributed by atoms with Crippen molar-refractivity contribution in [1.29, 1.82) is 0 Å². The topological polar surface area (TPSA) is 55.4 Å². The minimum absolute atomic E-state index is 0.130. The van der Waals surface area contributed by atoms with Crippen molar-refractivity contribution in [1.82, 2.24) is 5.32 Å². The second-order valence-corrected chi connectivity index (χ2v) is 6.15. The Morgan fingerprint density at radius 3 is 2.48 bits per heavy atom. The Morgan fingerprint density at radius 2 is 1.78 bits per heavy atom. The van der Waals surface area contributed by atoms with Gasteiger partial charge in [-0.15, -0.1) is 0 Å². The largest absolute Gasteiger partial charge is 0.455 e. The molecule has 0 radical (unpaired) electrons. The summed E-state index contributed by atoms with van der Waals surface area (Å²) in [5.74, 6) is -0.811. The van der Waals surface area contributed by atoms with E-state index in [1.165, 1.54) is 0 Å².